The largest absolute Gasteiger partial charge is 0.423 e. The van der Waals surface area contributed by atoms with Crippen molar-refractivity contribution in [3.05, 3.63) is 57.8 Å². The normalized spacial score (nSPS) is 20.3. The van der Waals surface area contributed by atoms with Gasteiger partial charge in [-0.1, -0.05) is 0 Å². The van der Waals surface area contributed by atoms with Crippen molar-refractivity contribution < 1.29 is 40.8 Å². The predicted octanol–water partition coefficient (Wildman–Crippen LogP) is 5.80. The maximum Gasteiger partial charge on any atom is 0.423 e. The highest BCUT2D eigenvalue weighted by Crippen LogP contribution is 2.38. The Hall–Kier alpha value is -3.62. The molecule has 2 heterocycles. The van der Waals surface area contributed by atoms with Crippen LogP contribution in [-0.4, -0.2) is 54.2 Å². The van der Waals surface area contributed by atoms with Gasteiger partial charge in [0.15, 0.2) is 0 Å². The molecule has 1 saturated carbocycles. The van der Waals surface area contributed by atoms with Crippen LogP contribution >= 0.6 is 0 Å². The number of ether oxygens (including phenoxy) is 1. The summed E-state index contributed by atoms with van der Waals surface area (Å²) in [6, 6.07) is 5.08. The fraction of sp³-hybridized carbons (Fsp3) is 0.556. The van der Waals surface area contributed by atoms with Crippen LogP contribution in [0.2, 0.25) is 0 Å². The number of carbonyl (C=O) groups is 1. The maximum absolute atomic E-state index is 13.2. The maximum atomic E-state index is 13.2. The van der Waals surface area contributed by atoms with Crippen LogP contribution < -0.4 is 15.5 Å². The van der Waals surface area contributed by atoms with E-state index in [0.29, 0.717) is 51.2 Å². The molecular formula is C27H31F6N5O4. The summed E-state index contributed by atoms with van der Waals surface area (Å²) in [6.07, 6.45) is -4.40. The number of amides is 1. The van der Waals surface area contributed by atoms with Gasteiger partial charge in [0, 0.05) is 43.1 Å². The Kier molecular flexibility index (Phi) is 9.79. The van der Waals surface area contributed by atoms with Crippen LogP contribution in [0.3, 0.4) is 0 Å². The molecule has 1 aromatic heterocycles. The fourth-order valence-electron chi connectivity index (χ4n) is 5.30. The predicted molar refractivity (Wildman–Crippen MR) is 141 cm³/mol. The van der Waals surface area contributed by atoms with Crippen LogP contribution in [0.5, 0.6) is 0 Å². The molecule has 42 heavy (non-hydrogen) atoms. The number of halogens is 6. The Balaban J connectivity index is 1.13. The molecule has 9 nitrogen and oxygen atoms in total. The molecule has 230 valence electrons. The topological polar surface area (TPSA) is 110 Å². The summed E-state index contributed by atoms with van der Waals surface area (Å²) >= 11 is 0. The Bertz CT molecular complexity index is 1230. The van der Waals surface area contributed by atoms with E-state index in [0.717, 1.165) is 37.2 Å². The number of nitrogens with zero attached hydrogens (tertiary/aromatic N) is 3. The lowest BCUT2D eigenvalue weighted by Crippen LogP contribution is -2.46. The van der Waals surface area contributed by atoms with Crippen LogP contribution in [0.4, 0.5) is 43.5 Å². The van der Waals surface area contributed by atoms with E-state index in [4.69, 9.17) is 4.74 Å². The minimum atomic E-state index is -4.84. The number of hydrogen-bond acceptors (Lipinski definition) is 7. The first-order chi connectivity index (χ1) is 19.8. The second kappa shape index (κ2) is 13.1. The first-order valence-electron chi connectivity index (χ1n) is 13.6. The molecule has 0 spiro atoms. The summed E-state index contributed by atoms with van der Waals surface area (Å²) in [5.41, 5.74) is -2.91. The molecule has 2 fully saturated rings. The zero-order valence-corrected chi connectivity index (χ0v) is 22.5. The van der Waals surface area contributed by atoms with Gasteiger partial charge in [-0.05, 0) is 68.7 Å². The second-order valence-electron chi connectivity index (χ2n) is 10.6. The zero-order chi connectivity index (χ0) is 30.5. The number of pyridine rings is 1. The van der Waals surface area contributed by atoms with Gasteiger partial charge in [0.25, 0.3) is 5.69 Å². The van der Waals surface area contributed by atoms with Crippen LogP contribution in [-0.2, 0) is 21.9 Å². The van der Waals surface area contributed by atoms with Crippen molar-refractivity contribution in [1.29, 1.82) is 0 Å². The molecule has 2 aromatic rings. The molecule has 1 amide bonds. The molecule has 4 rings (SSSR count). The van der Waals surface area contributed by atoms with E-state index in [1.807, 2.05) is 4.90 Å². The first-order valence-corrected chi connectivity index (χ1v) is 13.6. The number of carbonyl (C=O) groups excluding carboxylic acids is 1. The van der Waals surface area contributed by atoms with Gasteiger partial charge < -0.3 is 20.3 Å². The van der Waals surface area contributed by atoms with E-state index in [-0.39, 0.29) is 36.2 Å². The SMILES string of the molecule is O=C(COCC1CCC(Nc2ccc([N+](=O)[O-])c(C(F)(F)F)c2)CC1)NC1CCN(c2ccc(C(F)(F)F)cn2)CC1. The zero-order valence-electron chi connectivity index (χ0n) is 22.5. The number of aromatic nitrogens is 1. The molecule has 0 unspecified atom stereocenters. The molecule has 0 radical (unpaired) electrons. The average molecular weight is 604 g/mol. The Labute approximate surface area is 237 Å². The van der Waals surface area contributed by atoms with Crippen molar-refractivity contribution in [1.82, 2.24) is 10.3 Å². The van der Waals surface area contributed by atoms with Crippen LogP contribution in [0.25, 0.3) is 0 Å². The van der Waals surface area contributed by atoms with Crippen LogP contribution in [0.1, 0.15) is 49.7 Å². The average Bonchev–Trinajstić information content (AvgIpc) is 2.93. The number of nitro groups is 1. The van der Waals surface area contributed by atoms with Gasteiger partial charge in [-0.25, -0.2) is 4.98 Å². The minimum absolute atomic E-state index is 0.0782. The lowest BCUT2D eigenvalue weighted by atomic mass is 9.86. The summed E-state index contributed by atoms with van der Waals surface area (Å²) < 4.78 is 83.5. The standard InChI is InChI=1S/C27H31F6N5O4/c28-26(29,30)18-3-8-24(34-14-18)37-11-9-20(10-12-37)36-25(39)16-42-15-17-1-4-19(5-2-17)35-21-6-7-23(38(40)41)22(13-21)27(31,32)33/h3,6-8,13-14,17,19-20,35H,1-2,4-5,9-12,15-16H2,(H,36,39). The number of anilines is 2. The van der Waals surface area contributed by atoms with Gasteiger partial charge in [-0.2, -0.15) is 26.3 Å². The van der Waals surface area contributed by atoms with Crippen molar-refractivity contribution in [3.63, 3.8) is 0 Å². The van der Waals surface area contributed by atoms with Crippen molar-refractivity contribution in [2.75, 3.05) is 36.5 Å². The van der Waals surface area contributed by atoms with E-state index in [2.05, 4.69) is 15.6 Å². The van der Waals surface area contributed by atoms with E-state index >= 15 is 0 Å². The van der Waals surface area contributed by atoms with E-state index in [1.165, 1.54) is 12.1 Å². The van der Waals surface area contributed by atoms with Crippen molar-refractivity contribution in [2.45, 2.75) is 63.0 Å². The highest BCUT2D eigenvalue weighted by Gasteiger charge is 2.38. The molecule has 15 heteroatoms. The van der Waals surface area contributed by atoms with E-state index in [9.17, 15) is 41.3 Å². The number of nitrogens with one attached hydrogen (secondary N) is 2. The highest BCUT2D eigenvalue weighted by molar-refractivity contribution is 5.77. The highest BCUT2D eigenvalue weighted by atomic mass is 19.4. The minimum Gasteiger partial charge on any atom is -0.382 e. The second-order valence-corrected chi connectivity index (χ2v) is 10.6. The Morgan fingerprint density at radius 3 is 2.24 bits per heavy atom. The summed E-state index contributed by atoms with van der Waals surface area (Å²) in [4.78, 5) is 28.0. The van der Waals surface area contributed by atoms with E-state index in [1.54, 1.807) is 0 Å². The van der Waals surface area contributed by atoms with Gasteiger partial charge in [0.2, 0.25) is 5.91 Å². The quantitative estimate of drug-likeness (QED) is 0.212. The molecular weight excluding hydrogens is 572 g/mol. The van der Waals surface area contributed by atoms with Gasteiger partial charge >= 0.3 is 12.4 Å². The molecule has 0 atom stereocenters. The van der Waals surface area contributed by atoms with Gasteiger partial charge in [0.1, 0.15) is 18.0 Å². The molecule has 0 bridgehead atoms. The smallest absolute Gasteiger partial charge is 0.382 e. The molecule has 2 aliphatic rings. The van der Waals surface area contributed by atoms with Gasteiger partial charge in [0.05, 0.1) is 17.1 Å². The number of rotatable bonds is 9. The monoisotopic (exact) mass is 603 g/mol. The molecule has 1 aliphatic carbocycles. The molecule has 1 aliphatic heterocycles. The number of piperidine rings is 1. The summed E-state index contributed by atoms with van der Waals surface area (Å²) in [5.74, 6) is 0.396. The first kappa shape index (κ1) is 31.3. The fourth-order valence-corrected chi connectivity index (χ4v) is 5.30. The number of alkyl halides is 6. The Morgan fingerprint density at radius 2 is 1.67 bits per heavy atom. The van der Waals surface area contributed by atoms with E-state index < -0.39 is 34.1 Å². The van der Waals surface area contributed by atoms with Gasteiger partial charge in [-0.3, -0.25) is 14.9 Å². The third-order valence-electron chi connectivity index (χ3n) is 7.56. The third-order valence-corrected chi connectivity index (χ3v) is 7.56. The third kappa shape index (κ3) is 8.46. The molecule has 2 N–H and O–H groups in total. The lowest BCUT2D eigenvalue weighted by molar-refractivity contribution is -0.388. The summed E-state index contributed by atoms with van der Waals surface area (Å²) in [6.45, 7) is 1.34. The number of hydrogen-bond donors (Lipinski definition) is 2. The van der Waals surface area contributed by atoms with Crippen molar-refractivity contribution in [2.24, 2.45) is 5.92 Å². The van der Waals surface area contributed by atoms with Crippen LogP contribution in [0, 0.1) is 16.0 Å². The summed E-state index contributed by atoms with van der Waals surface area (Å²) in [5, 5.41) is 16.9. The van der Waals surface area contributed by atoms with Crippen molar-refractivity contribution in [3.8, 4) is 0 Å². The summed E-state index contributed by atoms with van der Waals surface area (Å²) in [7, 11) is 0. The Morgan fingerprint density at radius 1 is 0.976 bits per heavy atom. The number of nitro benzene ring substituents is 1. The van der Waals surface area contributed by atoms with Gasteiger partial charge in [-0.15, -0.1) is 0 Å². The number of benzene rings is 1. The lowest BCUT2D eigenvalue weighted by Gasteiger charge is -2.33. The molecule has 1 aromatic carbocycles. The van der Waals surface area contributed by atoms with Crippen molar-refractivity contribution >= 4 is 23.1 Å². The van der Waals surface area contributed by atoms with Crippen LogP contribution in [0.15, 0.2) is 36.5 Å². The molecule has 1 saturated heterocycles.